The first-order chi connectivity index (χ1) is 14.5. The van der Waals surface area contributed by atoms with Gasteiger partial charge in [0.2, 0.25) is 0 Å². The molecule has 0 spiro atoms. The summed E-state index contributed by atoms with van der Waals surface area (Å²) in [6.07, 6.45) is 2.05. The third kappa shape index (κ3) is 4.32. The summed E-state index contributed by atoms with van der Waals surface area (Å²) < 4.78 is 21.3. The molecule has 0 unspecified atom stereocenters. The van der Waals surface area contributed by atoms with Gasteiger partial charge in [-0.15, -0.1) is 0 Å². The van der Waals surface area contributed by atoms with Crippen molar-refractivity contribution in [2.45, 2.75) is 19.3 Å². The summed E-state index contributed by atoms with van der Waals surface area (Å²) >= 11 is 0. The molecule has 2 aromatic rings. The minimum absolute atomic E-state index is 0.216. The van der Waals surface area contributed by atoms with Gasteiger partial charge in [0, 0.05) is 5.92 Å². The number of allylic oxidation sites excluding steroid dienone is 2. The van der Waals surface area contributed by atoms with Crippen molar-refractivity contribution in [1.82, 2.24) is 0 Å². The zero-order valence-electron chi connectivity index (χ0n) is 17.6. The topological polar surface area (TPSA) is 71.1 Å². The average Bonchev–Trinajstić information content (AvgIpc) is 2.78. The lowest BCUT2D eigenvalue weighted by atomic mass is 9.73. The Hall–Kier alpha value is -3.28. The highest BCUT2D eigenvalue weighted by molar-refractivity contribution is 6.10. The maximum Gasteiger partial charge on any atom is 0.317 e. The molecule has 0 bridgehead atoms. The van der Waals surface area contributed by atoms with Gasteiger partial charge in [-0.25, -0.2) is 0 Å². The van der Waals surface area contributed by atoms with Gasteiger partial charge in [-0.1, -0.05) is 18.2 Å². The summed E-state index contributed by atoms with van der Waals surface area (Å²) in [6.45, 7) is 1.95. The second-order valence-corrected chi connectivity index (χ2v) is 6.96. The summed E-state index contributed by atoms with van der Waals surface area (Å²) in [5.74, 6) is -0.237. The number of ketones is 1. The number of ether oxygens (including phenoxy) is 4. The maximum atomic E-state index is 13.0. The van der Waals surface area contributed by atoms with Crippen molar-refractivity contribution < 1.29 is 28.5 Å². The van der Waals surface area contributed by atoms with E-state index in [4.69, 9.17) is 18.9 Å². The van der Waals surface area contributed by atoms with E-state index in [-0.39, 0.29) is 18.3 Å². The SMILES string of the molecule is CCOC(=O)[C@H]1C(=O)C=C(c2cccc(OC)c2)C[C@H]1c1ccc(OC)c(OC)c1. The van der Waals surface area contributed by atoms with Gasteiger partial charge < -0.3 is 18.9 Å². The Balaban J connectivity index is 2.06. The van der Waals surface area contributed by atoms with Crippen LogP contribution < -0.4 is 14.2 Å². The van der Waals surface area contributed by atoms with Crippen LogP contribution >= 0.6 is 0 Å². The first kappa shape index (κ1) is 21.4. The first-order valence-electron chi connectivity index (χ1n) is 9.79. The lowest BCUT2D eigenvalue weighted by molar-refractivity contribution is -0.151. The summed E-state index contributed by atoms with van der Waals surface area (Å²) in [5, 5.41) is 0. The second kappa shape index (κ2) is 9.48. The molecule has 0 aromatic heterocycles. The van der Waals surface area contributed by atoms with E-state index in [9.17, 15) is 9.59 Å². The van der Waals surface area contributed by atoms with Crippen LogP contribution in [-0.4, -0.2) is 39.7 Å². The summed E-state index contributed by atoms with van der Waals surface area (Å²) in [5.41, 5.74) is 2.54. The Labute approximate surface area is 176 Å². The highest BCUT2D eigenvalue weighted by Gasteiger charge is 2.40. The van der Waals surface area contributed by atoms with Crippen LogP contribution in [0.25, 0.3) is 5.57 Å². The number of esters is 1. The summed E-state index contributed by atoms with van der Waals surface area (Å²) in [7, 11) is 4.72. The molecule has 0 N–H and O–H groups in total. The van der Waals surface area contributed by atoms with Gasteiger partial charge in [-0.2, -0.15) is 0 Å². The molecular weight excluding hydrogens is 384 g/mol. The van der Waals surface area contributed by atoms with Crippen LogP contribution in [0.3, 0.4) is 0 Å². The molecule has 0 saturated heterocycles. The molecule has 158 valence electrons. The van der Waals surface area contributed by atoms with E-state index in [1.165, 1.54) is 0 Å². The fraction of sp³-hybridized carbons (Fsp3) is 0.333. The third-order valence-electron chi connectivity index (χ3n) is 5.28. The molecule has 0 saturated carbocycles. The van der Waals surface area contributed by atoms with Crippen LogP contribution in [0.4, 0.5) is 0 Å². The number of carbonyl (C=O) groups excluding carboxylic acids is 2. The predicted octanol–water partition coefficient (Wildman–Crippen LogP) is 4.03. The first-order valence-corrected chi connectivity index (χ1v) is 9.79. The molecule has 0 aliphatic heterocycles. The standard InChI is InChI=1S/C24H26O6/c1-5-30-24(26)23-19(16-9-10-21(28-3)22(14-16)29-4)12-17(13-20(23)25)15-7-6-8-18(11-15)27-2/h6-11,13-14,19,23H,5,12H2,1-4H3/t19-,23+/m0/s1. The highest BCUT2D eigenvalue weighted by atomic mass is 16.5. The van der Waals surface area contributed by atoms with E-state index in [0.717, 1.165) is 16.7 Å². The second-order valence-electron chi connectivity index (χ2n) is 6.96. The monoisotopic (exact) mass is 410 g/mol. The van der Waals surface area contributed by atoms with Gasteiger partial charge in [-0.05, 0) is 60.4 Å². The van der Waals surface area contributed by atoms with Crippen molar-refractivity contribution >= 4 is 17.3 Å². The number of benzene rings is 2. The van der Waals surface area contributed by atoms with E-state index in [1.54, 1.807) is 40.4 Å². The molecule has 1 aliphatic carbocycles. The van der Waals surface area contributed by atoms with Crippen molar-refractivity contribution in [3.63, 3.8) is 0 Å². The normalized spacial score (nSPS) is 18.4. The largest absolute Gasteiger partial charge is 0.497 e. The van der Waals surface area contributed by atoms with E-state index in [2.05, 4.69) is 0 Å². The zero-order valence-corrected chi connectivity index (χ0v) is 17.6. The van der Waals surface area contributed by atoms with E-state index >= 15 is 0 Å². The van der Waals surface area contributed by atoms with Crippen molar-refractivity contribution in [3.8, 4) is 17.2 Å². The number of rotatable bonds is 7. The molecule has 6 heteroatoms. The van der Waals surface area contributed by atoms with Crippen LogP contribution in [0.5, 0.6) is 17.2 Å². The molecule has 1 aliphatic rings. The lowest BCUT2D eigenvalue weighted by Gasteiger charge is -2.30. The highest BCUT2D eigenvalue weighted by Crippen LogP contribution is 2.43. The Morgan fingerprint density at radius 2 is 1.77 bits per heavy atom. The number of carbonyl (C=O) groups is 2. The fourth-order valence-electron chi connectivity index (χ4n) is 3.80. The molecule has 30 heavy (non-hydrogen) atoms. The molecule has 3 rings (SSSR count). The quantitative estimate of drug-likeness (QED) is 0.507. The molecular formula is C24H26O6. The van der Waals surface area contributed by atoms with Gasteiger partial charge in [0.05, 0.1) is 27.9 Å². The fourth-order valence-corrected chi connectivity index (χ4v) is 3.80. The number of hydrogen-bond acceptors (Lipinski definition) is 6. The van der Waals surface area contributed by atoms with Crippen molar-refractivity contribution in [2.24, 2.45) is 5.92 Å². The Bertz CT molecular complexity index is 962. The number of hydrogen-bond donors (Lipinski definition) is 0. The summed E-state index contributed by atoms with van der Waals surface area (Å²) in [6, 6.07) is 13.0. The Morgan fingerprint density at radius 1 is 1.00 bits per heavy atom. The van der Waals surface area contributed by atoms with Crippen LogP contribution in [0, 0.1) is 5.92 Å². The number of methoxy groups -OCH3 is 3. The zero-order chi connectivity index (χ0) is 21.7. The van der Waals surface area contributed by atoms with Gasteiger partial charge in [0.1, 0.15) is 11.7 Å². The maximum absolute atomic E-state index is 13.0. The predicted molar refractivity (Wildman–Crippen MR) is 113 cm³/mol. The van der Waals surface area contributed by atoms with Crippen molar-refractivity contribution in [1.29, 1.82) is 0 Å². The van der Waals surface area contributed by atoms with Gasteiger partial charge in [-0.3, -0.25) is 9.59 Å². The van der Waals surface area contributed by atoms with Crippen LogP contribution in [0.1, 0.15) is 30.4 Å². The van der Waals surface area contributed by atoms with Crippen LogP contribution in [0.15, 0.2) is 48.5 Å². The molecule has 6 nitrogen and oxygen atoms in total. The van der Waals surface area contributed by atoms with Crippen LogP contribution in [-0.2, 0) is 14.3 Å². The Kier molecular flexibility index (Phi) is 6.77. The van der Waals surface area contributed by atoms with Crippen molar-refractivity contribution in [3.05, 3.63) is 59.7 Å². The minimum atomic E-state index is -0.905. The lowest BCUT2D eigenvalue weighted by Crippen LogP contribution is -2.34. The molecule has 2 aromatic carbocycles. The average molecular weight is 410 g/mol. The van der Waals surface area contributed by atoms with E-state index < -0.39 is 11.9 Å². The molecule has 2 atom stereocenters. The van der Waals surface area contributed by atoms with E-state index in [1.807, 2.05) is 36.4 Å². The Morgan fingerprint density at radius 3 is 2.43 bits per heavy atom. The minimum Gasteiger partial charge on any atom is -0.497 e. The molecule has 0 heterocycles. The smallest absolute Gasteiger partial charge is 0.317 e. The molecule has 0 radical (unpaired) electrons. The van der Waals surface area contributed by atoms with Gasteiger partial charge >= 0.3 is 5.97 Å². The summed E-state index contributed by atoms with van der Waals surface area (Å²) in [4.78, 5) is 25.7. The van der Waals surface area contributed by atoms with E-state index in [0.29, 0.717) is 23.7 Å². The van der Waals surface area contributed by atoms with Crippen molar-refractivity contribution in [2.75, 3.05) is 27.9 Å². The molecule has 0 fully saturated rings. The van der Waals surface area contributed by atoms with Gasteiger partial charge in [0.15, 0.2) is 17.3 Å². The van der Waals surface area contributed by atoms with Crippen LogP contribution in [0.2, 0.25) is 0 Å². The third-order valence-corrected chi connectivity index (χ3v) is 5.28. The molecule has 0 amide bonds. The van der Waals surface area contributed by atoms with Gasteiger partial charge in [0.25, 0.3) is 0 Å².